The Balaban J connectivity index is 1.09. The fourth-order valence-corrected chi connectivity index (χ4v) is 8.75. The number of fused-ring (bicyclic) bond motifs is 3. The number of ether oxygens (including phenoxy) is 1. The minimum absolute atomic E-state index is 0.880. The zero-order valence-corrected chi connectivity index (χ0v) is 31.7. The minimum Gasteiger partial charge on any atom is -0.456 e. The normalized spacial score (nSPS) is 11.6. The molecule has 10 aromatic rings. The van der Waals surface area contributed by atoms with Gasteiger partial charge in [0.1, 0.15) is 11.5 Å². The topological polar surface area (TPSA) is 12.5 Å². The van der Waals surface area contributed by atoms with E-state index in [2.05, 4.69) is 229 Å². The smallest absolute Gasteiger partial charge is 0.135 e. The lowest BCUT2D eigenvalue weighted by Gasteiger charge is -2.29. The van der Waals surface area contributed by atoms with Crippen LogP contribution in [0.1, 0.15) is 0 Å². The number of hydrogen-bond acceptors (Lipinski definition) is 2. The van der Waals surface area contributed by atoms with Gasteiger partial charge in [0.25, 0.3) is 0 Å². The van der Waals surface area contributed by atoms with Gasteiger partial charge in [-0.3, -0.25) is 0 Å². The van der Waals surface area contributed by atoms with Crippen LogP contribution in [0.15, 0.2) is 224 Å². The molecule has 0 N–H and O–H groups in total. The van der Waals surface area contributed by atoms with E-state index in [0.717, 1.165) is 56.2 Å². The fraction of sp³-hybridized carbons (Fsp3) is 0. The molecule has 1 aliphatic rings. The molecule has 0 aliphatic carbocycles. The predicted octanol–water partition coefficient (Wildman–Crippen LogP) is 15.9. The fourth-order valence-electron chi connectivity index (χ4n) is 8.75. The maximum absolute atomic E-state index is 6.47. The van der Waals surface area contributed by atoms with Gasteiger partial charge in [0.15, 0.2) is 0 Å². The SMILES string of the molecule is c1ccc(-c2ccc(N(c3cccc(-c4ccc5c(c4)-c4cccc6cccc(c46)O5)c3)c3ccccc3-c3cccc4cccc(-c5ccccc5)c34)cc2)cc1. The largest absolute Gasteiger partial charge is 0.456 e. The molecule has 1 heterocycles. The summed E-state index contributed by atoms with van der Waals surface area (Å²) in [6.45, 7) is 0. The van der Waals surface area contributed by atoms with Crippen LogP contribution in [0.25, 0.3) is 77.2 Å². The molecule has 0 saturated heterocycles. The summed E-state index contributed by atoms with van der Waals surface area (Å²) in [7, 11) is 0. The summed E-state index contributed by atoms with van der Waals surface area (Å²) in [5.74, 6) is 1.79. The average Bonchev–Trinajstić information content (AvgIpc) is 3.30. The Labute approximate surface area is 338 Å². The molecule has 2 nitrogen and oxygen atoms in total. The van der Waals surface area contributed by atoms with Crippen LogP contribution >= 0.6 is 0 Å². The first-order valence-corrected chi connectivity index (χ1v) is 19.8. The molecule has 0 atom stereocenters. The minimum atomic E-state index is 0.880. The van der Waals surface area contributed by atoms with Crippen LogP contribution in [0.3, 0.4) is 0 Å². The number of nitrogens with zero attached hydrogens (tertiary/aromatic N) is 1. The summed E-state index contributed by atoms with van der Waals surface area (Å²) in [5, 5.41) is 4.80. The Morgan fingerprint density at radius 1 is 0.276 bits per heavy atom. The molecular weight excluding hydrogens is 703 g/mol. The summed E-state index contributed by atoms with van der Waals surface area (Å²) in [6.07, 6.45) is 0. The summed E-state index contributed by atoms with van der Waals surface area (Å²) in [6, 6.07) is 80.7. The van der Waals surface area contributed by atoms with Crippen molar-refractivity contribution in [2.75, 3.05) is 4.90 Å². The Morgan fingerprint density at radius 2 is 0.810 bits per heavy atom. The van der Waals surface area contributed by atoms with Crippen LogP contribution in [0.4, 0.5) is 17.1 Å². The maximum atomic E-state index is 6.47. The number of anilines is 3. The molecule has 10 aromatic carbocycles. The van der Waals surface area contributed by atoms with E-state index in [1.54, 1.807) is 0 Å². The third kappa shape index (κ3) is 5.82. The van der Waals surface area contributed by atoms with E-state index in [-0.39, 0.29) is 0 Å². The number of benzene rings is 10. The molecule has 2 heteroatoms. The molecule has 0 saturated carbocycles. The van der Waals surface area contributed by atoms with Gasteiger partial charge in [-0.1, -0.05) is 176 Å². The van der Waals surface area contributed by atoms with E-state index in [0.29, 0.717) is 0 Å². The Hall–Kier alpha value is -7.68. The van der Waals surface area contributed by atoms with E-state index in [4.69, 9.17) is 4.74 Å². The molecule has 0 aromatic heterocycles. The van der Waals surface area contributed by atoms with Gasteiger partial charge < -0.3 is 9.64 Å². The van der Waals surface area contributed by atoms with Crippen LogP contribution in [-0.2, 0) is 0 Å². The van der Waals surface area contributed by atoms with Crippen LogP contribution < -0.4 is 9.64 Å². The Bertz CT molecular complexity index is 3120. The van der Waals surface area contributed by atoms with Gasteiger partial charge in [-0.15, -0.1) is 0 Å². The molecule has 0 amide bonds. The van der Waals surface area contributed by atoms with Gasteiger partial charge in [0, 0.05) is 27.9 Å². The van der Waals surface area contributed by atoms with Crippen molar-refractivity contribution in [3.63, 3.8) is 0 Å². The van der Waals surface area contributed by atoms with Crippen molar-refractivity contribution in [2.24, 2.45) is 0 Å². The van der Waals surface area contributed by atoms with Gasteiger partial charge in [-0.25, -0.2) is 0 Å². The lowest BCUT2D eigenvalue weighted by atomic mass is 9.90. The average molecular weight is 740 g/mol. The quantitative estimate of drug-likeness (QED) is 0.161. The monoisotopic (exact) mass is 739 g/mol. The molecule has 1 aliphatic heterocycles. The highest BCUT2D eigenvalue weighted by Gasteiger charge is 2.22. The first kappa shape index (κ1) is 33.6. The first-order chi connectivity index (χ1) is 28.8. The van der Waals surface area contributed by atoms with Crippen LogP contribution in [0.2, 0.25) is 0 Å². The van der Waals surface area contributed by atoms with Crippen LogP contribution in [-0.4, -0.2) is 0 Å². The second kappa shape index (κ2) is 14.1. The van der Waals surface area contributed by atoms with Crippen molar-refractivity contribution in [1.82, 2.24) is 0 Å². The lowest BCUT2D eigenvalue weighted by molar-refractivity contribution is 0.487. The first-order valence-electron chi connectivity index (χ1n) is 19.8. The summed E-state index contributed by atoms with van der Waals surface area (Å²) in [5.41, 5.74) is 15.0. The maximum Gasteiger partial charge on any atom is 0.135 e. The zero-order chi connectivity index (χ0) is 38.4. The van der Waals surface area contributed by atoms with E-state index in [1.807, 2.05) is 0 Å². The van der Waals surface area contributed by atoms with Crippen LogP contribution in [0, 0.1) is 0 Å². The summed E-state index contributed by atoms with van der Waals surface area (Å²) in [4.78, 5) is 2.41. The molecule has 58 heavy (non-hydrogen) atoms. The highest BCUT2D eigenvalue weighted by atomic mass is 16.5. The van der Waals surface area contributed by atoms with Crippen molar-refractivity contribution >= 4 is 38.6 Å². The van der Waals surface area contributed by atoms with Gasteiger partial charge in [-0.2, -0.15) is 0 Å². The standard InChI is InChI=1S/C56H37NO/c1-3-14-38(15-4-1)39-30-33-45(34-31-39)57(52-28-8-7-24-48(52)49-26-11-19-41-18-10-25-47(55(41)49)40-16-5-2-6-17-40)46-23-9-22-43(36-46)44-32-35-53-51(37-44)50-27-12-20-42-21-13-29-54(58-53)56(42)50/h1-37H. The molecular formula is C56H37NO. The summed E-state index contributed by atoms with van der Waals surface area (Å²) < 4.78 is 6.47. The van der Waals surface area contributed by atoms with E-state index >= 15 is 0 Å². The van der Waals surface area contributed by atoms with E-state index < -0.39 is 0 Å². The zero-order valence-electron chi connectivity index (χ0n) is 31.7. The third-order valence-corrected chi connectivity index (χ3v) is 11.5. The third-order valence-electron chi connectivity index (χ3n) is 11.5. The van der Waals surface area contributed by atoms with Crippen molar-refractivity contribution in [2.45, 2.75) is 0 Å². The van der Waals surface area contributed by atoms with Gasteiger partial charge >= 0.3 is 0 Å². The number of hydrogen-bond donors (Lipinski definition) is 0. The molecule has 0 radical (unpaired) electrons. The molecule has 0 unspecified atom stereocenters. The van der Waals surface area contributed by atoms with Gasteiger partial charge in [-0.05, 0) is 109 Å². The van der Waals surface area contributed by atoms with Crippen LogP contribution in [0.5, 0.6) is 11.5 Å². The Morgan fingerprint density at radius 3 is 1.57 bits per heavy atom. The lowest BCUT2D eigenvalue weighted by Crippen LogP contribution is -2.11. The Kier molecular flexibility index (Phi) is 8.19. The second-order valence-electron chi connectivity index (χ2n) is 14.9. The van der Waals surface area contributed by atoms with Crippen molar-refractivity contribution in [3.05, 3.63) is 224 Å². The van der Waals surface area contributed by atoms with E-state index in [1.165, 1.54) is 49.5 Å². The summed E-state index contributed by atoms with van der Waals surface area (Å²) >= 11 is 0. The van der Waals surface area contributed by atoms with Crippen molar-refractivity contribution in [3.8, 4) is 67.1 Å². The molecule has 0 spiro atoms. The van der Waals surface area contributed by atoms with Gasteiger partial charge in [0.05, 0.1) is 5.69 Å². The molecule has 0 bridgehead atoms. The van der Waals surface area contributed by atoms with Gasteiger partial charge in [0.2, 0.25) is 0 Å². The number of para-hydroxylation sites is 1. The highest BCUT2D eigenvalue weighted by molar-refractivity contribution is 6.09. The molecule has 0 fully saturated rings. The van der Waals surface area contributed by atoms with Crippen molar-refractivity contribution in [1.29, 1.82) is 0 Å². The molecule has 272 valence electrons. The second-order valence-corrected chi connectivity index (χ2v) is 14.9. The van der Waals surface area contributed by atoms with Crippen molar-refractivity contribution < 1.29 is 4.74 Å². The predicted molar refractivity (Wildman–Crippen MR) is 243 cm³/mol. The molecule has 11 rings (SSSR count). The number of rotatable bonds is 7. The van der Waals surface area contributed by atoms with E-state index in [9.17, 15) is 0 Å². The highest BCUT2D eigenvalue weighted by Crippen LogP contribution is 2.49.